The molecule has 0 aliphatic heterocycles. The van der Waals surface area contributed by atoms with Crippen molar-refractivity contribution in [3.05, 3.63) is 51.5 Å². The number of phenolic OH excluding ortho intramolecular Hbond substituents is 3. The number of benzene rings is 2. The van der Waals surface area contributed by atoms with Gasteiger partial charge in [0, 0.05) is 11.1 Å². The van der Waals surface area contributed by atoms with Crippen LogP contribution in [0, 0.1) is 0 Å². The maximum Gasteiger partial charge on any atom is 0.271 e. The molecule has 0 unspecified atom stereocenters. The molecule has 0 saturated heterocycles. The van der Waals surface area contributed by atoms with Gasteiger partial charge in [0.2, 0.25) is 0 Å². The Bertz CT molecular complexity index is 719. The van der Waals surface area contributed by atoms with Gasteiger partial charge in [-0.2, -0.15) is 5.10 Å². The molecule has 2 aromatic rings. The van der Waals surface area contributed by atoms with Crippen LogP contribution in [0.3, 0.4) is 0 Å². The number of rotatable bonds is 3. The van der Waals surface area contributed by atoms with E-state index in [0.29, 0.717) is 15.6 Å². The summed E-state index contributed by atoms with van der Waals surface area (Å²) >= 11 is 11.9. The quantitative estimate of drug-likeness (QED) is 0.392. The van der Waals surface area contributed by atoms with Gasteiger partial charge in [-0.15, -0.1) is 0 Å². The second-order valence-electron chi connectivity index (χ2n) is 4.20. The van der Waals surface area contributed by atoms with Crippen LogP contribution in [0.4, 0.5) is 0 Å². The fourth-order valence-electron chi connectivity index (χ4n) is 1.59. The van der Waals surface area contributed by atoms with E-state index in [1.54, 1.807) is 18.2 Å². The van der Waals surface area contributed by atoms with E-state index in [1.165, 1.54) is 6.21 Å². The van der Waals surface area contributed by atoms with Gasteiger partial charge in [-0.25, -0.2) is 5.43 Å². The van der Waals surface area contributed by atoms with Crippen LogP contribution >= 0.6 is 23.2 Å². The Kier molecular flexibility index (Phi) is 4.75. The van der Waals surface area contributed by atoms with Crippen molar-refractivity contribution < 1.29 is 20.1 Å². The normalized spacial score (nSPS) is 10.8. The highest BCUT2D eigenvalue weighted by atomic mass is 35.5. The number of hydrogen-bond donors (Lipinski definition) is 4. The van der Waals surface area contributed by atoms with Gasteiger partial charge < -0.3 is 15.3 Å². The molecule has 0 aromatic heterocycles. The van der Waals surface area contributed by atoms with Crippen LogP contribution in [0.1, 0.15) is 15.9 Å². The summed E-state index contributed by atoms with van der Waals surface area (Å²) in [6.45, 7) is 0. The maximum atomic E-state index is 11.8. The number of hydrazone groups is 1. The average molecular weight is 341 g/mol. The minimum absolute atomic E-state index is 0.0878. The number of hydrogen-bond acceptors (Lipinski definition) is 5. The molecule has 0 atom stereocenters. The van der Waals surface area contributed by atoms with Crippen LogP contribution < -0.4 is 5.43 Å². The predicted molar refractivity (Wildman–Crippen MR) is 83.0 cm³/mol. The summed E-state index contributed by atoms with van der Waals surface area (Å²) < 4.78 is 0. The first-order chi connectivity index (χ1) is 10.4. The number of aromatic hydroxyl groups is 3. The van der Waals surface area contributed by atoms with Crippen LogP contribution in [0.5, 0.6) is 17.2 Å². The SMILES string of the molecule is O=C(N/N=C\c1c(Cl)cccc1Cl)c1cc(O)c(O)c(O)c1. The summed E-state index contributed by atoms with van der Waals surface area (Å²) in [7, 11) is 0. The molecule has 8 heteroatoms. The Morgan fingerprint density at radius 1 is 1.09 bits per heavy atom. The van der Waals surface area contributed by atoms with E-state index in [1.807, 2.05) is 0 Å². The molecule has 4 N–H and O–H groups in total. The van der Waals surface area contributed by atoms with Crippen molar-refractivity contribution in [1.82, 2.24) is 5.43 Å². The number of halogens is 2. The fraction of sp³-hybridized carbons (Fsp3) is 0. The Morgan fingerprint density at radius 3 is 2.18 bits per heavy atom. The Morgan fingerprint density at radius 2 is 1.64 bits per heavy atom. The third-order valence-electron chi connectivity index (χ3n) is 2.69. The molecule has 0 spiro atoms. The topological polar surface area (TPSA) is 102 Å². The number of amides is 1. The molecule has 0 heterocycles. The molecule has 22 heavy (non-hydrogen) atoms. The molecule has 0 aliphatic carbocycles. The lowest BCUT2D eigenvalue weighted by atomic mass is 10.2. The van der Waals surface area contributed by atoms with Gasteiger partial charge >= 0.3 is 0 Å². The van der Waals surface area contributed by atoms with Gasteiger partial charge in [0.25, 0.3) is 5.91 Å². The molecular weight excluding hydrogens is 331 g/mol. The zero-order valence-corrected chi connectivity index (χ0v) is 12.4. The molecule has 6 nitrogen and oxygen atoms in total. The summed E-state index contributed by atoms with van der Waals surface area (Å²) in [5.74, 6) is -2.65. The first-order valence-electron chi connectivity index (χ1n) is 5.92. The monoisotopic (exact) mass is 340 g/mol. The van der Waals surface area contributed by atoms with E-state index in [-0.39, 0.29) is 5.56 Å². The summed E-state index contributed by atoms with van der Waals surface area (Å²) in [6.07, 6.45) is 1.27. The number of carbonyl (C=O) groups is 1. The van der Waals surface area contributed by atoms with E-state index in [0.717, 1.165) is 12.1 Å². The molecule has 0 bridgehead atoms. The lowest BCUT2D eigenvalue weighted by Crippen LogP contribution is -2.17. The molecule has 2 aromatic carbocycles. The first kappa shape index (κ1) is 15.9. The number of phenols is 3. The van der Waals surface area contributed by atoms with Gasteiger partial charge in [0.15, 0.2) is 17.2 Å². The van der Waals surface area contributed by atoms with Crippen molar-refractivity contribution >= 4 is 35.3 Å². The largest absolute Gasteiger partial charge is 0.504 e. The van der Waals surface area contributed by atoms with Crippen molar-refractivity contribution in [3.63, 3.8) is 0 Å². The maximum absolute atomic E-state index is 11.8. The molecule has 0 fully saturated rings. The van der Waals surface area contributed by atoms with Crippen LogP contribution in [-0.4, -0.2) is 27.4 Å². The molecule has 1 amide bonds. The lowest BCUT2D eigenvalue weighted by molar-refractivity contribution is 0.0954. The highest BCUT2D eigenvalue weighted by Crippen LogP contribution is 2.35. The molecule has 114 valence electrons. The molecule has 0 aliphatic rings. The van der Waals surface area contributed by atoms with E-state index < -0.39 is 23.2 Å². The predicted octanol–water partition coefficient (Wildman–Crippen LogP) is 2.87. The van der Waals surface area contributed by atoms with Crippen molar-refractivity contribution in [3.8, 4) is 17.2 Å². The number of carbonyl (C=O) groups excluding carboxylic acids is 1. The minimum Gasteiger partial charge on any atom is -0.504 e. The number of nitrogens with one attached hydrogen (secondary N) is 1. The summed E-state index contributed by atoms with van der Waals surface area (Å²) in [5, 5.41) is 32.3. The van der Waals surface area contributed by atoms with E-state index >= 15 is 0 Å². The van der Waals surface area contributed by atoms with Crippen molar-refractivity contribution in [1.29, 1.82) is 0 Å². The van der Waals surface area contributed by atoms with Crippen LogP contribution in [0.25, 0.3) is 0 Å². The first-order valence-corrected chi connectivity index (χ1v) is 6.68. The zero-order chi connectivity index (χ0) is 16.3. The van der Waals surface area contributed by atoms with Gasteiger partial charge in [0.1, 0.15) is 0 Å². The van der Waals surface area contributed by atoms with Gasteiger partial charge in [0.05, 0.1) is 16.3 Å². The summed E-state index contributed by atoms with van der Waals surface area (Å²) in [5.41, 5.74) is 2.53. The number of nitrogens with zero attached hydrogens (tertiary/aromatic N) is 1. The van der Waals surface area contributed by atoms with E-state index in [2.05, 4.69) is 10.5 Å². The second-order valence-corrected chi connectivity index (χ2v) is 5.01. The van der Waals surface area contributed by atoms with Gasteiger partial charge in [-0.1, -0.05) is 29.3 Å². The van der Waals surface area contributed by atoms with Gasteiger partial charge in [-0.05, 0) is 24.3 Å². The van der Waals surface area contributed by atoms with Gasteiger partial charge in [-0.3, -0.25) is 4.79 Å². The Balaban J connectivity index is 2.15. The molecule has 0 radical (unpaired) electrons. The van der Waals surface area contributed by atoms with E-state index in [4.69, 9.17) is 23.2 Å². The third kappa shape index (κ3) is 3.41. The average Bonchev–Trinajstić information content (AvgIpc) is 2.47. The summed E-state index contributed by atoms with van der Waals surface area (Å²) in [6, 6.07) is 6.88. The smallest absolute Gasteiger partial charge is 0.271 e. The van der Waals surface area contributed by atoms with Crippen molar-refractivity contribution in [2.45, 2.75) is 0 Å². The van der Waals surface area contributed by atoms with Crippen LogP contribution in [-0.2, 0) is 0 Å². The van der Waals surface area contributed by atoms with E-state index in [9.17, 15) is 20.1 Å². The fourth-order valence-corrected chi connectivity index (χ4v) is 2.08. The molecular formula is C14H10Cl2N2O4. The van der Waals surface area contributed by atoms with Crippen LogP contribution in [0.15, 0.2) is 35.4 Å². The van der Waals surface area contributed by atoms with Crippen molar-refractivity contribution in [2.24, 2.45) is 5.10 Å². The highest BCUT2D eigenvalue weighted by molar-refractivity contribution is 6.38. The van der Waals surface area contributed by atoms with Crippen molar-refractivity contribution in [2.75, 3.05) is 0 Å². The second kappa shape index (κ2) is 6.55. The summed E-state index contributed by atoms with van der Waals surface area (Å²) in [4.78, 5) is 11.8. The standard InChI is InChI=1S/C14H10Cl2N2O4/c15-9-2-1-3-10(16)8(9)6-17-18-14(22)7-4-11(19)13(21)12(20)5-7/h1-6,19-21H,(H,18,22)/b17-6-. The third-order valence-corrected chi connectivity index (χ3v) is 3.35. The highest BCUT2D eigenvalue weighted by Gasteiger charge is 2.13. The zero-order valence-electron chi connectivity index (χ0n) is 10.9. The Labute approximate surface area is 135 Å². The minimum atomic E-state index is -0.706. The van der Waals surface area contributed by atoms with Crippen LogP contribution in [0.2, 0.25) is 10.0 Å². The Hall–Kier alpha value is -2.44. The molecule has 0 saturated carbocycles. The lowest BCUT2D eigenvalue weighted by Gasteiger charge is -2.05. The molecule has 2 rings (SSSR count).